The van der Waals surface area contributed by atoms with Gasteiger partial charge in [-0.2, -0.15) is 0 Å². The number of halogens is 3. The minimum Gasteiger partial charge on any atom is -0.466 e. The molecule has 2 N–H and O–H groups in total. The van der Waals surface area contributed by atoms with Gasteiger partial charge in [0.1, 0.15) is 17.4 Å². The fraction of sp³-hybridized carbons (Fsp3) is 0.167. The predicted octanol–water partition coefficient (Wildman–Crippen LogP) is 3.56. The zero-order chi connectivity index (χ0) is 12.4. The largest absolute Gasteiger partial charge is 0.466 e. The molecular weight excluding hydrogens is 292 g/mol. The van der Waals surface area contributed by atoms with E-state index in [0.717, 1.165) is 0 Å². The summed E-state index contributed by atoms with van der Waals surface area (Å²) in [5.41, 5.74) is 5.83. The summed E-state index contributed by atoms with van der Waals surface area (Å²) in [5.74, 6) is -0.709. The SMILES string of the molecule is NC(Cc1c(F)cccc1F)c1occc1Br. The average molecular weight is 302 g/mol. The molecule has 5 heteroatoms. The highest BCUT2D eigenvalue weighted by Gasteiger charge is 2.18. The number of nitrogens with two attached hydrogens (primary N) is 1. The van der Waals surface area contributed by atoms with Crippen LogP contribution in [-0.4, -0.2) is 0 Å². The molecule has 1 atom stereocenters. The minimum absolute atomic E-state index is 0.0247. The molecule has 1 aromatic carbocycles. The van der Waals surface area contributed by atoms with E-state index in [1.807, 2.05) is 0 Å². The van der Waals surface area contributed by atoms with Gasteiger partial charge in [-0.25, -0.2) is 8.78 Å². The van der Waals surface area contributed by atoms with Crippen LogP contribution in [0.1, 0.15) is 17.4 Å². The van der Waals surface area contributed by atoms with Gasteiger partial charge in [-0.1, -0.05) is 6.07 Å². The normalized spacial score (nSPS) is 12.7. The number of furan rings is 1. The lowest BCUT2D eigenvalue weighted by Gasteiger charge is -2.11. The van der Waals surface area contributed by atoms with Crippen LogP contribution in [0, 0.1) is 11.6 Å². The molecule has 2 aromatic rings. The summed E-state index contributed by atoms with van der Waals surface area (Å²) in [6.07, 6.45) is 1.52. The highest BCUT2D eigenvalue weighted by Crippen LogP contribution is 2.26. The van der Waals surface area contributed by atoms with Crippen molar-refractivity contribution in [1.82, 2.24) is 0 Å². The van der Waals surface area contributed by atoms with Gasteiger partial charge >= 0.3 is 0 Å². The van der Waals surface area contributed by atoms with Gasteiger partial charge in [0.2, 0.25) is 0 Å². The zero-order valence-corrected chi connectivity index (χ0v) is 10.4. The molecule has 0 radical (unpaired) electrons. The first-order valence-corrected chi connectivity index (χ1v) is 5.80. The Labute approximate surface area is 106 Å². The monoisotopic (exact) mass is 301 g/mol. The molecule has 0 aliphatic carbocycles. The molecule has 0 saturated carbocycles. The number of rotatable bonds is 3. The van der Waals surface area contributed by atoms with Crippen molar-refractivity contribution >= 4 is 15.9 Å². The fourth-order valence-electron chi connectivity index (χ4n) is 1.61. The first kappa shape index (κ1) is 12.3. The van der Waals surface area contributed by atoms with E-state index < -0.39 is 17.7 Å². The Morgan fingerprint density at radius 1 is 1.24 bits per heavy atom. The molecule has 90 valence electrons. The van der Waals surface area contributed by atoms with Crippen LogP contribution in [0.5, 0.6) is 0 Å². The van der Waals surface area contributed by atoms with Gasteiger partial charge in [0, 0.05) is 12.0 Å². The molecule has 1 unspecified atom stereocenters. The maximum absolute atomic E-state index is 13.4. The Bertz CT molecular complexity index is 507. The summed E-state index contributed by atoms with van der Waals surface area (Å²) in [5, 5.41) is 0. The molecule has 0 spiro atoms. The summed E-state index contributed by atoms with van der Waals surface area (Å²) in [6.45, 7) is 0. The molecule has 0 aliphatic rings. The van der Waals surface area contributed by atoms with Crippen molar-refractivity contribution in [2.24, 2.45) is 5.73 Å². The molecule has 0 fully saturated rings. The summed E-state index contributed by atoms with van der Waals surface area (Å²) in [7, 11) is 0. The standard InChI is InChI=1S/C12H10BrF2NO/c13-8-4-5-17-12(8)11(16)6-7-9(14)2-1-3-10(7)15/h1-5,11H,6,16H2. The Morgan fingerprint density at radius 3 is 2.41 bits per heavy atom. The van der Waals surface area contributed by atoms with Gasteiger partial charge < -0.3 is 10.2 Å². The van der Waals surface area contributed by atoms with Crippen LogP contribution in [0.3, 0.4) is 0 Å². The van der Waals surface area contributed by atoms with Crippen molar-refractivity contribution in [3.8, 4) is 0 Å². The van der Waals surface area contributed by atoms with E-state index in [9.17, 15) is 8.78 Å². The Balaban J connectivity index is 2.25. The second-order valence-electron chi connectivity index (χ2n) is 3.64. The number of hydrogen-bond acceptors (Lipinski definition) is 2. The van der Waals surface area contributed by atoms with Crippen molar-refractivity contribution in [3.05, 3.63) is 58.0 Å². The van der Waals surface area contributed by atoms with Crippen molar-refractivity contribution in [1.29, 1.82) is 0 Å². The lowest BCUT2D eigenvalue weighted by molar-refractivity contribution is 0.451. The van der Waals surface area contributed by atoms with Gasteiger partial charge in [0.25, 0.3) is 0 Å². The van der Waals surface area contributed by atoms with Crippen LogP contribution in [0.4, 0.5) is 8.78 Å². The lowest BCUT2D eigenvalue weighted by Crippen LogP contribution is -2.15. The predicted molar refractivity (Wildman–Crippen MR) is 63.4 cm³/mol. The summed E-state index contributed by atoms with van der Waals surface area (Å²) < 4.78 is 32.7. The van der Waals surface area contributed by atoms with Crippen LogP contribution in [0.2, 0.25) is 0 Å². The Kier molecular flexibility index (Phi) is 3.59. The molecule has 0 bridgehead atoms. The second kappa shape index (κ2) is 4.98. The van der Waals surface area contributed by atoms with Gasteiger partial charge in [-0.15, -0.1) is 0 Å². The van der Waals surface area contributed by atoms with Crippen molar-refractivity contribution in [2.75, 3.05) is 0 Å². The highest BCUT2D eigenvalue weighted by molar-refractivity contribution is 9.10. The molecule has 2 rings (SSSR count). The maximum atomic E-state index is 13.4. The third-order valence-electron chi connectivity index (χ3n) is 2.47. The van der Waals surface area contributed by atoms with E-state index >= 15 is 0 Å². The first-order valence-electron chi connectivity index (χ1n) is 5.01. The van der Waals surface area contributed by atoms with Crippen molar-refractivity contribution < 1.29 is 13.2 Å². The van der Waals surface area contributed by atoms with Gasteiger partial charge in [0.15, 0.2) is 0 Å². The lowest BCUT2D eigenvalue weighted by atomic mass is 10.0. The molecule has 17 heavy (non-hydrogen) atoms. The summed E-state index contributed by atoms with van der Waals surface area (Å²) >= 11 is 3.26. The summed E-state index contributed by atoms with van der Waals surface area (Å²) in [4.78, 5) is 0. The van der Waals surface area contributed by atoms with E-state index in [1.54, 1.807) is 6.07 Å². The van der Waals surface area contributed by atoms with Gasteiger partial charge in [-0.3, -0.25) is 0 Å². The number of benzene rings is 1. The second-order valence-corrected chi connectivity index (χ2v) is 4.50. The van der Waals surface area contributed by atoms with E-state index in [2.05, 4.69) is 15.9 Å². The Hall–Kier alpha value is -1.20. The van der Waals surface area contributed by atoms with Crippen molar-refractivity contribution in [2.45, 2.75) is 12.5 Å². The molecule has 1 heterocycles. The maximum Gasteiger partial charge on any atom is 0.134 e. The molecular formula is C12H10BrF2NO. The van der Waals surface area contributed by atoms with Crippen LogP contribution in [0.15, 0.2) is 39.4 Å². The smallest absolute Gasteiger partial charge is 0.134 e. The van der Waals surface area contributed by atoms with Crippen LogP contribution >= 0.6 is 15.9 Å². The number of hydrogen-bond donors (Lipinski definition) is 1. The van der Waals surface area contributed by atoms with Crippen LogP contribution < -0.4 is 5.73 Å². The molecule has 0 amide bonds. The minimum atomic E-state index is -0.594. The van der Waals surface area contributed by atoms with E-state index in [1.165, 1.54) is 24.5 Å². The van der Waals surface area contributed by atoms with Crippen molar-refractivity contribution in [3.63, 3.8) is 0 Å². The third-order valence-corrected chi connectivity index (χ3v) is 3.12. The average Bonchev–Trinajstić information content (AvgIpc) is 2.70. The zero-order valence-electron chi connectivity index (χ0n) is 8.79. The molecule has 1 aromatic heterocycles. The highest BCUT2D eigenvalue weighted by atomic mass is 79.9. The van der Waals surface area contributed by atoms with E-state index in [4.69, 9.17) is 10.2 Å². The van der Waals surface area contributed by atoms with Gasteiger partial charge in [-0.05, 0) is 34.1 Å². The Morgan fingerprint density at radius 2 is 1.88 bits per heavy atom. The topological polar surface area (TPSA) is 39.2 Å². The summed E-state index contributed by atoms with van der Waals surface area (Å²) in [6, 6.07) is 4.84. The first-order chi connectivity index (χ1) is 8.09. The van der Waals surface area contributed by atoms with Crippen LogP contribution in [-0.2, 0) is 6.42 Å². The molecule has 2 nitrogen and oxygen atoms in total. The van der Waals surface area contributed by atoms with Crippen LogP contribution in [0.25, 0.3) is 0 Å². The fourth-order valence-corrected chi connectivity index (χ4v) is 2.11. The van der Waals surface area contributed by atoms with Gasteiger partial charge in [0.05, 0.1) is 16.8 Å². The van der Waals surface area contributed by atoms with E-state index in [-0.39, 0.29) is 12.0 Å². The molecule has 0 aliphatic heterocycles. The van der Waals surface area contributed by atoms with E-state index in [0.29, 0.717) is 10.2 Å². The third kappa shape index (κ3) is 2.56. The molecule has 0 saturated heterocycles. The quantitative estimate of drug-likeness (QED) is 0.941.